The summed E-state index contributed by atoms with van der Waals surface area (Å²) in [5, 5.41) is 1.95. The number of benzene rings is 5. The van der Waals surface area contributed by atoms with Gasteiger partial charge in [-0.3, -0.25) is 4.79 Å². The Bertz CT molecular complexity index is 1940. The predicted octanol–water partition coefficient (Wildman–Crippen LogP) is 8.53. The summed E-state index contributed by atoms with van der Waals surface area (Å²) in [7, 11) is 0. The van der Waals surface area contributed by atoms with Crippen LogP contribution in [-0.2, 0) is 4.74 Å². The Morgan fingerprint density at radius 3 is 1.65 bits per heavy atom. The number of fused-ring (bicyclic) bond motifs is 2. The molecule has 49 heavy (non-hydrogen) atoms. The second-order valence-electron chi connectivity index (χ2n) is 12.0. The molecule has 0 saturated heterocycles. The van der Waals surface area contributed by atoms with Gasteiger partial charge in [-0.25, -0.2) is 9.59 Å². The van der Waals surface area contributed by atoms with Gasteiger partial charge in [-0.1, -0.05) is 12.1 Å². The maximum atomic E-state index is 14.0. The van der Waals surface area contributed by atoms with Gasteiger partial charge in [0.15, 0.2) is 0 Å². The van der Waals surface area contributed by atoms with Crippen LogP contribution in [0.1, 0.15) is 82.4 Å². The van der Waals surface area contributed by atoms with Gasteiger partial charge in [-0.05, 0) is 126 Å². The van der Waals surface area contributed by atoms with Crippen molar-refractivity contribution in [3.05, 3.63) is 142 Å². The van der Waals surface area contributed by atoms with Gasteiger partial charge in [-0.15, -0.1) is 0 Å². The number of anilines is 3. The van der Waals surface area contributed by atoms with Gasteiger partial charge in [-0.2, -0.15) is 0 Å². The zero-order valence-corrected chi connectivity index (χ0v) is 28.8. The number of carbonyl (C=O) groups is 3. The van der Waals surface area contributed by atoms with Crippen LogP contribution >= 0.6 is 0 Å². The molecule has 6 rings (SSSR count). The molecule has 248 valence electrons. The number of ether oxygens (including phenoxy) is 1. The van der Waals surface area contributed by atoms with E-state index in [1.807, 2.05) is 31.2 Å². The zero-order valence-electron chi connectivity index (χ0n) is 28.8. The van der Waals surface area contributed by atoms with Crippen LogP contribution < -0.4 is 14.7 Å². The quantitative estimate of drug-likeness (QED) is 0.0583. The Morgan fingerprint density at radius 2 is 1.12 bits per heavy atom. The standard InChI is InChI=1S/C42H42N3O4/c1-6-43(7-2)31-20-15-28(16-21-31)39(29-17-22-32(23-18-29)44(8-3)9-4)35-25-26-38(34-14-12-11-13-33(34)35)45(10-5)40(46)30-19-24-36-37(27-30)42(48)49-41(36)47/h11-27H,6-10H2,1-5H3/q+1. The maximum Gasteiger partial charge on any atom is 0.346 e. The van der Waals surface area contributed by atoms with Crippen LogP contribution in [0.4, 0.5) is 17.1 Å². The highest BCUT2D eigenvalue weighted by atomic mass is 16.6. The van der Waals surface area contributed by atoms with E-state index in [4.69, 9.17) is 4.74 Å². The van der Waals surface area contributed by atoms with Crippen molar-refractivity contribution < 1.29 is 19.1 Å². The molecular formula is C42H42N3O4+. The lowest BCUT2D eigenvalue weighted by molar-refractivity contribution is 0.0443. The molecule has 7 heteroatoms. The Hall–Kier alpha value is -5.56. The fourth-order valence-corrected chi connectivity index (χ4v) is 6.87. The smallest absolute Gasteiger partial charge is 0.346 e. The van der Waals surface area contributed by atoms with E-state index < -0.39 is 11.9 Å². The van der Waals surface area contributed by atoms with Crippen LogP contribution in [-0.4, -0.2) is 50.6 Å². The molecule has 0 radical (unpaired) electrons. The molecule has 0 bridgehead atoms. The average molecular weight is 653 g/mol. The highest BCUT2D eigenvalue weighted by molar-refractivity contribution is 6.17. The molecule has 0 fully saturated rings. The molecule has 1 amide bonds. The van der Waals surface area contributed by atoms with E-state index >= 15 is 0 Å². The second-order valence-corrected chi connectivity index (χ2v) is 12.0. The summed E-state index contributed by atoms with van der Waals surface area (Å²) in [6.07, 6.45) is 0. The molecule has 0 aliphatic carbocycles. The second kappa shape index (κ2) is 14.3. The number of carbonyl (C=O) groups excluding carboxylic acids is 3. The molecular weight excluding hydrogens is 610 g/mol. The third-order valence-electron chi connectivity index (χ3n) is 9.48. The lowest BCUT2D eigenvalue weighted by Crippen LogP contribution is -2.31. The van der Waals surface area contributed by atoms with Gasteiger partial charge in [0.2, 0.25) is 0 Å². The molecule has 5 aromatic rings. The van der Waals surface area contributed by atoms with Crippen molar-refractivity contribution in [1.82, 2.24) is 0 Å². The van der Waals surface area contributed by atoms with E-state index in [1.165, 1.54) is 23.5 Å². The van der Waals surface area contributed by atoms with Gasteiger partial charge in [0, 0.05) is 60.4 Å². The van der Waals surface area contributed by atoms with Gasteiger partial charge in [0.25, 0.3) is 5.91 Å². The van der Waals surface area contributed by atoms with Crippen molar-refractivity contribution in [2.45, 2.75) is 34.6 Å². The molecule has 7 nitrogen and oxygen atoms in total. The minimum absolute atomic E-state index is 0.116. The molecule has 0 atom stereocenters. The lowest BCUT2D eigenvalue weighted by Gasteiger charge is -2.25. The van der Waals surface area contributed by atoms with Gasteiger partial charge < -0.3 is 19.4 Å². The molecule has 0 spiro atoms. The number of hydrogen-bond acceptors (Lipinski definition) is 6. The molecule has 0 saturated carbocycles. The molecule has 5 aromatic carbocycles. The number of cyclic esters (lactones) is 2. The molecule has 0 aromatic heterocycles. The number of amides is 1. The average Bonchev–Trinajstić information content (AvgIpc) is 3.43. The summed E-state index contributed by atoms with van der Waals surface area (Å²) >= 11 is 0. The number of hydrogen-bond donors (Lipinski definition) is 0. The highest BCUT2D eigenvalue weighted by Gasteiger charge is 2.32. The van der Waals surface area contributed by atoms with E-state index in [0.717, 1.165) is 65.2 Å². The van der Waals surface area contributed by atoms with Crippen molar-refractivity contribution in [1.29, 1.82) is 0 Å². The van der Waals surface area contributed by atoms with Gasteiger partial charge in [0.05, 0.1) is 39.4 Å². The van der Waals surface area contributed by atoms with E-state index in [2.05, 4.69) is 98.2 Å². The van der Waals surface area contributed by atoms with Crippen LogP contribution in [0.5, 0.6) is 0 Å². The first-order chi connectivity index (χ1) is 23.8. The minimum Gasteiger partial charge on any atom is -0.386 e. The van der Waals surface area contributed by atoms with Crippen LogP contribution in [0, 0.1) is 5.92 Å². The number of esters is 2. The van der Waals surface area contributed by atoms with Gasteiger partial charge in [0.1, 0.15) is 0 Å². The van der Waals surface area contributed by atoms with Crippen LogP contribution in [0.15, 0.2) is 103 Å². The summed E-state index contributed by atoms with van der Waals surface area (Å²) < 4.78 is 4.75. The summed E-state index contributed by atoms with van der Waals surface area (Å²) in [6.45, 7) is 14.8. The van der Waals surface area contributed by atoms with Crippen molar-refractivity contribution in [3.8, 4) is 0 Å². The molecule has 1 heterocycles. The number of rotatable bonds is 12. The summed E-state index contributed by atoms with van der Waals surface area (Å²) in [5.74, 6) is -0.578. The third-order valence-corrected chi connectivity index (χ3v) is 9.48. The molecule has 1 aliphatic rings. The first-order valence-electron chi connectivity index (χ1n) is 17.2. The fourth-order valence-electron chi connectivity index (χ4n) is 6.87. The van der Waals surface area contributed by atoms with Gasteiger partial charge >= 0.3 is 11.9 Å². The van der Waals surface area contributed by atoms with Crippen LogP contribution in [0.3, 0.4) is 0 Å². The van der Waals surface area contributed by atoms with Crippen molar-refractivity contribution in [2.24, 2.45) is 0 Å². The van der Waals surface area contributed by atoms with Crippen LogP contribution in [0.25, 0.3) is 10.8 Å². The van der Waals surface area contributed by atoms with Crippen molar-refractivity contribution in [3.63, 3.8) is 0 Å². The number of nitrogens with zero attached hydrogens (tertiary/aromatic N) is 3. The summed E-state index contributed by atoms with van der Waals surface area (Å²) in [4.78, 5) is 44.7. The third kappa shape index (κ3) is 6.24. The first-order valence-corrected chi connectivity index (χ1v) is 17.2. The van der Waals surface area contributed by atoms with Crippen molar-refractivity contribution in [2.75, 3.05) is 47.4 Å². The summed E-state index contributed by atoms with van der Waals surface area (Å²) in [6, 6.07) is 34.4. The topological polar surface area (TPSA) is 70.2 Å². The van der Waals surface area contributed by atoms with Crippen molar-refractivity contribution >= 4 is 45.7 Å². The van der Waals surface area contributed by atoms with E-state index in [1.54, 1.807) is 11.0 Å². The van der Waals surface area contributed by atoms with E-state index in [0.29, 0.717) is 12.1 Å². The lowest BCUT2D eigenvalue weighted by atomic mass is 9.82. The Morgan fingerprint density at radius 1 is 0.592 bits per heavy atom. The summed E-state index contributed by atoms with van der Waals surface area (Å²) in [5.41, 5.74) is 7.02. The first kappa shape index (κ1) is 33.3. The Balaban J connectivity index is 1.46. The van der Waals surface area contributed by atoms with Crippen LogP contribution in [0.2, 0.25) is 0 Å². The Kier molecular flexibility index (Phi) is 9.72. The predicted molar refractivity (Wildman–Crippen MR) is 198 cm³/mol. The largest absolute Gasteiger partial charge is 0.386 e. The monoisotopic (exact) mass is 652 g/mol. The zero-order chi connectivity index (χ0) is 34.7. The molecule has 0 unspecified atom stereocenters. The maximum absolute atomic E-state index is 14.0. The fraction of sp³-hybridized carbons (Fsp3) is 0.238. The van der Waals surface area contributed by atoms with E-state index in [9.17, 15) is 14.4 Å². The SMILES string of the molecule is CCN(CC)c1ccc([C+](c2ccc(N(CC)CC)cc2)c2ccc(N(CC)C(=O)c3ccc4c(c3)C(=O)OC4=O)c3ccccc23)cc1. The van der Waals surface area contributed by atoms with E-state index in [-0.39, 0.29) is 17.0 Å². The molecule has 1 aliphatic heterocycles. The minimum atomic E-state index is -0.731. The normalized spacial score (nSPS) is 12.1. The Labute approximate surface area is 288 Å². The highest BCUT2D eigenvalue weighted by Crippen LogP contribution is 2.40. The molecule has 0 N–H and O–H groups in total.